The molecule has 0 aliphatic rings. The number of halogens is 2. The lowest BCUT2D eigenvalue weighted by molar-refractivity contribution is 0.101. The SMILES string of the molecule is Cc1onc(C(=O)Nc2cc(C)n(Cc3ccc(Cl)cc3Cl)n2)c1COc1ccccc1. The molecule has 2 heterocycles. The van der Waals surface area contributed by atoms with Gasteiger partial charge in [-0.25, -0.2) is 0 Å². The van der Waals surface area contributed by atoms with Crippen molar-refractivity contribution in [2.24, 2.45) is 0 Å². The molecule has 0 aliphatic heterocycles. The molecule has 4 aromatic rings. The molecule has 1 amide bonds. The van der Waals surface area contributed by atoms with Gasteiger partial charge < -0.3 is 14.6 Å². The number of rotatable bonds is 7. The lowest BCUT2D eigenvalue weighted by Crippen LogP contribution is -2.16. The highest BCUT2D eigenvalue weighted by Crippen LogP contribution is 2.23. The topological polar surface area (TPSA) is 82.2 Å². The summed E-state index contributed by atoms with van der Waals surface area (Å²) in [6.07, 6.45) is 0. The first-order chi connectivity index (χ1) is 15.4. The van der Waals surface area contributed by atoms with Crippen molar-refractivity contribution in [2.45, 2.75) is 27.0 Å². The molecule has 32 heavy (non-hydrogen) atoms. The normalized spacial score (nSPS) is 10.9. The number of aryl methyl sites for hydroxylation is 2. The van der Waals surface area contributed by atoms with Crippen LogP contribution in [0.15, 0.2) is 59.1 Å². The van der Waals surface area contributed by atoms with E-state index in [0.29, 0.717) is 39.5 Å². The molecule has 0 unspecified atom stereocenters. The molecule has 9 heteroatoms. The summed E-state index contributed by atoms with van der Waals surface area (Å²) in [5.41, 5.74) is 2.46. The van der Waals surface area contributed by atoms with Crippen LogP contribution in [-0.2, 0) is 13.2 Å². The van der Waals surface area contributed by atoms with Gasteiger partial charge in [-0.2, -0.15) is 5.10 Å². The van der Waals surface area contributed by atoms with E-state index >= 15 is 0 Å². The molecular formula is C23H20Cl2N4O3. The van der Waals surface area contributed by atoms with E-state index in [1.165, 1.54) is 0 Å². The van der Waals surface area contributed by atoms with Crippen molar-refractivity contribution in [1.29, 1.82) is 0 Å². The van der Waals surface area contributed by atoms with Gasteiger partial charge in [0.15, 0.2) is 11.5 Å². The molecule has 0 spiro atoms. The lowest BCUT2D eigenvalue weighted by Gasteiger charge is -2.07. The second-order valence-corrected chi connectivity index (χ2v) is 8.03. The minimum absolute atomic E-state index is 0.157. The van der Waals surface area contributed by atoms with E-state index in [9.17, 15) is 4.79 Å². The minimum Gasteiger partial charge on any atom is -0.489 e. The summed E-state index contributed by atoms with van der Waals surface area (Å²) in [6, 6.07) is 16.4. The van der Waals surface area contributed by atoms with E-state index in [0.717, 1.165) is 11.3 Å². The van der Waals surface area contributed by atoms with Gasteiger partial charge in [0.2, 0.25) is 0 Å². The summed E-state index contributed by atoms with van der Waals surface area (Å²) in [4.78, 5) is 12.9. The van der Waals surface area contributed by atoms with Crippen molar-refractivity contribution >= 4 is 34.9 Å². The molecule has 0 saturated carbocycles. The second kappa shape index (κ2) is 9.46. The van der Waals surface area contributed by atoms with Crippen molar-refractivity contribution in [3.05, 3.63) is 92.9 Å². The molecule has 0 radical (unpaired) electrons. The number of benzene rings is 2. The Morgan fingerprint density at radius 3 is 2.66 bits per heavy atom. The van der Waals surface area contributed by atoms with Crippen molar-refractivity contribution < 1.29 is 14.1 Å². The van der Waals surface area contributed by atoms with Gasteiger partial charge in [0.25, 0.3) is 5.91 Å². The number of nitrogens with one attached hydrogen (secondary N) is 1. The number of nitrogens with zero attached hydrogens (tertiary/aromatic N) is 3. The first kappa shape index (κ1) is 21.9. The summed E-state index contributed by atoms with van der Waals surface area (Å²) in [5, 5.41) is 12.3. The van der Waals surface area contributed by atoms with Gasteiger partial charge in [-0.1, -0.05) is 52.6 Å². The summed E-state index contributed by atoms with van der Waals surface area (Å²) >= 11 is 12.2. The number of carbonyl (C=O) groups excluding carboxylic acids is 1. The minimum atomic E-state index is -0.428. The summed E-state index contributed by atoms with van der Waals surface area (Å²) in [6.45, 7) is 4.23. The highest BCUT2D eigenvalue weighted by atomic mass is 35.5. The molecule has 0 saturated heterocycles. The predicted molar refractivity (Wildman–Crippen MR) is 122 cm³/mol. The number of carbonyl (C=O) groups is 1. The van der Waals surface area contributed by atoms with Gasteiger partial charge >= 0.3 is 0 Å². The van der Waals surface area contributed by atoms with E-state index < -0.39 is 5.91 Å². The number of anilines is 1. The van der Waals surface area contributed by atoms with Crippen molar-refractivity contribution in [3.63, 3.8) is 0 Å². The van der Waals surface area contributed by atoms with Crippen LogP contribution in [0.4, 0.5) is 5.82 Å². The zero-order chi connectivity index (χ0) is 22.7. The second-order valence-electron chi connectivity index (χ2n) is 7.19. The van der Waals surface area contributed by atoms with Crippen LogP contribution in [0.2, 0.25) is 10.0 Å². The standard InChI is InChI=1S/C23H20Cl2N4O3/c1-14-10-21(27-29(14)12-16-8-9-17(24)11-20(16)25)26-23(30)22-19(15(2)32-28-22)13-31-18-6-4-3-5-7-18/h3-11H,12-13H2,1-2H3,(H,26,27,30). The third-order valence-electron chi connectivity index (χ3n) is 4.88. The van der Waals surface area contributed by atoms with E-state index in [2.05, 4.69) is 15.6 Å². The molecule has 0 bridgehead atoms. The largest absolute Gasteiger partial charge is 0.489 e. The number of aromatic nitrogens is 3. The summed E-state index contributed by atoms with van der Waals surface area (Å²) in [5.74, 6) is 1.18. The van der Waals surface area contributed by atoms with Gasteiger partial charge in [0.1, 0.15) is 18.1 Å². The first-order valence-electron chi connectivity index (χ1n) is 9.83. The fourth-order valence-electron chi connectivity index (χ4n) is 3.13. The maximum atomic E-state index is 12.9. The lowest BCUT2D eigenvalue weighted by atomic mass is 10.2. The predicted octanol–water partition coefficient (Wildman–Crippen LogP) is 5.67. The molecular weight excluding hydrogens is 451 g/mol. The monoisotopic (exact) mass is 470 g/mol. The Labute approximate surface area is 194 Å². The van der Waals surface area contributed by atoms with Crippen LogP contribution in [-0.4, -0.2) is 20.8 Å². The highest BCUT2D eigenvalue weighted by Gasteiger charge is 2.21. The van der Waals surface area contributed by atoms with Crippen LogP contribution in [0.3, 0.4) is 0 Å². The molecule has 2 aromatic carbocycles. The van der Waals surface area contributed by atoms with Crippen LogP contribution in [0.5, 0.6) is 5.75 Å². The molecule has 7 nitrogen and oxygen atoms in total. The number of ether oxygens (including phenoxy) is 1. The zero-order valence-electron chi connectivity index (χ0n) is 17.4. The summed E-state index contributed by atoms with van der Waals surface area (Å²) in [7, 11) is 0. The quantitative estimate of drug-likeness (QED) is 0.375. The molecule has 4 rings (SSSR count). The number of hydrogen-bond acceptors (Lipinski definition) is 5. The molecule has 0 atom stereocenters. The smallest absolute Gasteiger partial charge is 0.279 e. The van der Waals surface area contributed by atoms with Gasteiger partial charge in [-0.05, 0) is 43.7 Å². The van der Waals surface area contributed by atoms with Crippen molar-refractivity contribution in [2.75, 3.05) is 5.32 Å². The van der Waals surface area contributed by atoms with E-state index in [1.807, 2.05) is 43.3 Å². The van der Waals surface area contributed by atoms with Gasteiger partial charge in [-0.3, -0.25) is 9.48 Å². The Morgan fingerprint density at radius 2 is 1.91 bits per heavy atom. The Balaban J connectivity index is 1.47. The Bertz CT molecular complexity index is 1250. The van der Waals surface area contributed by atoms with Gasteiger partial charge in [0, 0.05) is 21.8 Å². The number of amides is 1. The maximum Gasteiger partial charge on any atom is 0.279 e. The Kier molecular flexibility index (Phi) is 6.48. The first-order valence-corrected chi connectivity index (χ1v) is 10.6. The van der Waals surface area contributed by atoms with Crippen LogP contribution >= 0.6 is 23.2 Å². The Morgan fingerprint density at radius 1 is 1.12 bits per heavy atom. The average Bonchev–Trinajstić information content (AvgIpc) is 3.31. The zero-order valence-corrected chi connectivity index (χ0v) is 18.9. The number of para-hydroxylation sites is 1. The van der Waals surface area contributed by atoms with Crippen molar-refractivity contribution in [1.82, 2.24) is 14.9 Å². The molecule has 2 aromatic heterocycles. The third-order valence-corrected chi connectivity index (χ3v) is 5.47. The highest BCUT2D eigenvalue weighted by molar-refractivity contribution is 6.35. The molecule has 0 aliphatic carbocycles. The fourth-order valence-corrected chi connectivity index (χ4v) is 3.60. The van der Waals surface area contributed by atoms with Crippen LogP contribution < -0.4 is 10.1 Å². The molecule has 0 fully saturated rings. The third kappa shape index (κ3) is 4.95. The van der Waals surface area contributed by atoms with E-state index in [1.54, 1.807) is 29.8 Å². The number of hydrogen-bond donors (Lipinski definition) is 1. The fraction of sp³-hybridized carbons (Fsp3) is 0.174. The summed E-state index contributed by atoms with van der Waals surface area (Å²) < 4.78 is 12.7. The van der Waals surface area contributed by atoms with E-state index in [4.69, 9.17) is 32.5 Å². The van der Waals surface area contributed by atoms with Crippen LogP contribution in [0.1, 0.15) is 33.1 Å². The van der Waals surface area contributed by atoms with Gasteiger partial charge in [0.05, 0.1) is 12.1 Å². The van der Waals surface area contributed by atoms with Crippen LogP contribution in [0, 0.1) is 13.8 Å². The average molecular weight is 471 g/mol. The molecule has 1 N–H and O–H groups in total. The van der Waals surface area contributed by atoms with E-state index in [-0.39, 0.29) is 12.3 Å². The Hall–Kier alpha value is -3.29. The van der Waals surface area contributed by atoms with Gasteiger partial charge in [-0.15, -0.1) is 0 Å². The van der Waals surface area contributed by atoms with Crippen molar-refractivity contribution in [3.8, 4) is 5.75 Å². The van der Waals surface area contributed by atoms with Crippen LogP contribution in [0.25, 0.3) is 0 Å². The molecule has 164 valence electrons. The maximum absolute atomic E-state index is 12.9.